The van der Waals surface area contributed by atoms with Crippen LogP contribution in [-0.4, -0.2) is 23.5 Å². The number of hydrogen-bond donors (Lipinski definition) is 3. The molecule has 5 nitrogen and oxygen atoms in total. The largest absolute Gasteiger partial charge is 0.478 e. The zero-order chi connectivity index (χ0) is 12.1. The minimum Gasteiger partial charge on any atom is -0.478 e. The number of benzene rings is 1. The van der Waals surface area contributed by atoms with E-state index < -0.39 is 17.7 Å². The molecule has 0 unspecified atom stereocenters. The molecular formula is C10H11FN2O3. The Morgan fingerprint density at radius 3 is 2.62 bits per heavy atom. The van der Waals surface area contributed by atoms with Crippen molar-refractivity contribution in [3.63, 3.8) is 0 Å². The second-order valence-electron chi connectivity index (χ2n) is 3.19. The molecule has 0 saturated carbocycles. The molecule has 1 amide bonds. The van der Waals surface area contributed by atoms with Crippen molar-refractivity contribution in [1.82, 2.24) is 5.32 Å². The molecule has 1 rings (SSSR count). The molecule has 0 aliphatic carbocycles. The van der Waals surface area contributed by atoms with Crippen LogP contribution in [0.1, 0.15) is 15.9 Å². The van der Waals surface area contributed by atoms with Crippen LogP contribution in [0, 0.1) is 5.82 Å². The molecule has 16 heavy (non-hydrogen) atoms. The van der Waals surface area contributed by atoms with Crippen molar-refractivity contribution in [3.05, 3.63) is 35.1 Å². The van der Waals surface area contributed by atoms with E-state index in [0.717, 1.165) is 6.07 Å². The summed E-state index contributed by atoms with van der Waals surface area (Å²) in [6.45, 7) is 0.238. The smallest absolute Gasteiger partial charge is 0.338 e. The summed E-state index contributed by atoms with van der Waals surface area (Å²) in [5, 5.41) is 11.3. The number of carboxylic acid groups (broad SMARTS) is 1. The summed E-state index contributed by atoms with van der Waals surface area (Å²) in [5.74, 6) is -2.62. The number of aromatic carboxylic acids is 1. The van der Waals surface area contributed by atoms with Crippen LogP contribution in [-0.2, 0) is 11.3 Å². The molecular weight excluding hydrogens is 215 g/mol. The number of nitrogens with two attached hydrogens (primary N) is 1. The first kappa shape index (κ1) is 12.1. The van der Waals surface area contributed by atoms with E-state index in [0.29, 0.717) is 5.56 Å². The van der Waals surface area contributed by atoms with Crippen LogP contribution in [0.3, 0.4) is 0 Å². The highest BCUT2D eigenvalue weighted by molar-refractivity contribution is 5.87. The summed E-state index contributed by atoms with van der Waals surface area (Å²) in [7, 11) is 0. The lowest BCUT2D eigenvalue weighted by atomic mass is 10.1. The maximum Gasteiger partial charge on any atom is 0.338 e. The summed E-state index contributed by atoms with van der Waals surface area (Å²) in [6.07, 6.45) is 0. The second-order valence-corrected chi connectivity index (χ2v) is 3.19. The minimum absolute atomic E-state index is 0.0116. The van der Waals surface area contributed by atoms with Crippen molar-refractivity contribution in [2.75, 3.05) is 6.54 Å². The Morgan fingerprint density at radius 1 is 1.44 bits per heavy atom. The summed E-state index contributed by atoms with van der Waals surface area (Å²) in [5.41, 5.74) is 5.07. The third-order valence-corrected chi connectivity index (χ3v) is 1.89. The molecule has 1 aromatic rings. The predicted molar refractivity (Wildman–Crippen MR) is 54.3 cm³/mol. The summed E-state index contributed by atoms with van der Waals surface area (Å²) >= 11 is 0. The topological polar surface area (TPSA) is 92.4 Å². The van der Waals surface area contributed by atoms with Gasteiger partial charge in [0.05, 0.1) is 12.1 Å². The monoisotopic (exact) mass is 226 g/mol. The molecule has 6 heteroatoms. The number of rotatable bonds is 5. The van der Waals surface area contributed by atoms with Crippen LogP contribution in [0.25, 0.3) is 0 Å². The van der Waals surface area contributed by atoms with Gasteiger partial charge in [-0.05, 0) is 17.7 Å². The Labute approximate surface area is 91.1 Å². The Morgan fingerprint density at radius 2 is 2.12 bits per heavy atom. The van der Waals surface area contributed by atoms with Gasteiger partial charge in [-0.25, -0.2) is 9.18 Å². The molecule has 0 saturated heterocycles. The SMILES string of the molecule is NC(=O)CNCc1ccc(C(=O)O)c(F)c1. The van der Waals surface area contributed by atoms with Crippen LogP contribution in [0.4, 0.5) is 4.39 Å². The van der Waals surface area contributed by atoms with E-state index in [4.69, 9.17) is 10.8 Å². The standard InChI is InChI=1S/C10H11FN2O3/c11-8-3-6(4-13-5-9(12)14)1-2-7(8)10(15)16/h1-3,13H,4-5H2,(H2,12,14)(H,15,16). The average molecular weight is 226 g/mol. The lowest BCUT2D eigenvalue weighted by Crippen LogP contribution is -2.28. The summed E-state index contributed by atoms with van der Waals surface area (Å²) in [4.78, 5) is 20.9. The van der Waals surface area contributed by atoms with Crippen molar-refractivity contribution < 1.29 is 19.1 Å². The van der Waals surface area contributed by atoms with Gasteiger partial charge >= 0.3 is 5.97 Å². The van der Waals surface area contributed by atoms with E-state index in [1.165, 1.54) is 12.1 Å². The fourth-order valence-corrected chi connectivity index (χ4v) is 1.17. The predicted octanol–water partition coefficient (Wildman–Crippen LogP) is 0.0988. The Kier molecular flexibility index (Phi) is 3.96. The maximum absolute atomic E-state index is 13.2. The zero-order valence-corrected chi connectivity index (χ0v) is 8.37. The van der Waals surface area contributed by atoms with Gasteiger partial charge < -0.3 is 16.2 Å². The Bertz CT molecular complexity index is 421. The van der Waals surface area contributed by atoms with Gasteiger partial charge in [0.2, 0.25) is 5.91 Å². The number of carbonyl (C=O) groups excluding carboxylic acids is 1. The fourth-order valence-electron chi connectivity index (χ4n) is 1.17. The first-order valence-corrected chi connectivity index (χ1v) is 4.51. The van der Waals surface area contributed by atoms with E-state index in [9.17, 15) is 14.0 Å². The van der Waals surface area contributed by atoms with Crippen molar-refractivity contribution in [1.29, 1.82) is 0 Å². The molecule has 0 radical (unpaired) electrons. The van der Waals surface area contributed by atoms with Gasteiger partial charge in [-0.1, -0.05) is 6.07 Å². The molecule has 0 aliphatic heterocycles. The Balaban J connectivity index is 2.66. The highest BCUT2D eigenvalue weighted by Crippen LogP contribution is 2.10. The molecule has 0 spiro atoms. The lowest BCUT2D eigenvalue weighted by Gasteiger charge is -2.04. The normalized spacial score (nSPS) is 10.1. The van der Waals surface area contributed by atoms with E-state index in [-0.39, 0.29) is 18.7 Å². The van der Waals surface area contributed by atoms with E-state index in [2.05, 4.69) is 5.32 Å². The van der Waals surface area contributed by atoms with Crippen molar-refractivity contribution >= 4 is 11.9 Å². The number of hydrogen-bond acceptors (Lipinski definition) is 3. The van der Waals surface area contributed by atoms with Crippen LogP contribution in [0.5, 0.6) is 0 Å². The van der Waals surface area contributed by atoms with E-state index in [1.54, 1.807) is 0 Å². The average Bonchev–Trinajstić information content (AvgIpc) is 2.16. The third-order valence-electron chi connectivity index (χ3n) is 1.89. The third kappa shape index (κ3) is 3.32. The van der Waals surface area contributed by atoms with Crippen molar-refractivity contribution in [2.24, 2.45) is 5.73 Å². The van der Waals surface area contributed by atoms with Gasteiger partial charge in [-0.15, -0.1) is 0 Å². The zero-order valence-electron chi connectivity index (χ0n) is 8.37. The molecule has 4 N–H and O–H groups in total. The molecule has 0 fully saturated rings. The molecule has 1 aromatic carbocycles. The highest BCUT2D eigenvalue weighted by atomic mass is 19.1. The highest BCUT2D eigenvalue weighted by Gasteiger charge is 2.09. The maximum atomic E-state index is 13.2. The first-order chi connectivity index (χ1) is 7.50. The second kappa shape index (κ2) is 5.22. The fraction of sp³-hybridized carbons (Fsp3) is 0.200. The molecule has 0 aliphatic rings. The van der Waals surface area contributed by atoms with Gasteiger partial charge in [-0.3, -0.25) is 4.79 Å². The number of carbonyl (C=O) groups is 2. The summed E-state index contributed by atoms with van der Waals surface area (Å²) in [6, 6.07) is 3.76. The number of halogens is 1. The number of carboxylic acids is 1. The number of nitrogens with one attached hydrogen (secondary N) is 1. The molecule has 86 valence electrons. The minimum atomic E-state index is -1.31. The van der Waals surface area contributed by atoms with Crippen LogP contribution in [0.15, 0.2) is 18.2 Å². The molecule has 0 bridgehead atoms. The first-order valence-electron chi connectivity index (χ1n) is 4.51. The van der Waals surface area contributed by atoms with Gasteiger partial charge in [0.25, 0.3) is 0 Å². The molecule has 0 atom stereocenters. The van der Waals surface area contributed by atoms with E-state index >= 15 is 0 Å². The van der Waals surface area contributed by atoms with Crippen LogP contribution in [0.2, 0.25) is 0 Å². The van der Waals surface area contributed by atoms with Crippen molar-refractivity contribution in [3.8, 4) is 0 Å². The van der Waals surface area contributed by atoms with Gasteiger partial charge in [-0.2, -0.15) is 0 Å². The van der Waals surface area contributed by atoms with Gasteiger partial charge in [0.15, 0.2) is 0 Å². The molecule has 0 heterocycles. The van der Waals surface area contributed by atoms with Gasteiger partial charge in [0.1, 0.15) is 5.82 Å². The molecule has 0 aromatic heterocycles. The number of primary amides is 1. The van der Waals surface area contributed by atoms with E-state index in [1.807, 2.05) is 0 Å². The van der Waals surface area contributed by atoms with Gasteiger partial charge in [0, 0.05) is 6.54 Å². The quantitative estimate of drug-likeness (QED) is 0.663. The van der Waals surface area contributed by atoms with Crippen molar-refractivity contribution in [2.45, 2.75) is 6.54 Å². The Hall–Kier alpha value is -1.95. The van der Waals surface area contributed by atoms with Crippen LogP contribution < -0.4 is 11.1 Å². The number of amides is 1. The lowest BCUT2D eigenvalue weighted by molar-refractivity contribution is -0.117. The van der Waals surface area contributed by atoms with Crippen LogP contribution >= 0.6 is 0 Å². The summed E-state index contributed by atoms with van der Waals surface area (Å²) < 4.78 is 13.2.